The van der Waals surface area contributed by atoms with Gasteiger partial charge in [-0.3, -0.25) is 14.4 Å². The highest BCUT2D eigenvalue weighted by Crippen LogP contribution is 2.16. The van der Waals surface area contributed by atoms with Gasteiger partial charge in [-0.1, -0.05) is 226 Å². The molecule has 6 nitrogen and oxygen atoms in total. The summed E-state index contributed by atoms with van der Waals surface area (Å²) in [7, 11) is 0. The summed E-state index contributed by atoms with van der Waals surface area (Å²) in [4.78, 5) is 37.5. The molecule has 1 atom stereocenters. The molecule has 0 aromatic carbocycles. The Hall–Kier alpha value is -1.59. The molecule has 0 rings (SSSR count). The predicted molar refractivity (Wildman–Crippen MR) is 224 cm³/mol. The molecule has 0 heterocycles. The highest BCUT2D eigenvalue weighted by Gasteiger charge is 2.19. The summed E-state index contributed by atoms with van der Waals surface area (Å²) in [6.45, 7) is 6.58. The first-order chi connectivity index (χ1) is 26.0. The quantitative estimate of drug-likeness (QED) is 0.0351. The molecule has 0 N–H and O–H groups in total. The van der Waals surface area contributed by atoms with E-state index in [-0.39, 0.29) is 31.1 Å². The molecule has 0 aromatic rings. The van der Waals surface area contributed by atoms with E-state index < -0.39 is 6.10 Å². The van der Waals surface area contributed by atoms with Crippen LogP contribution in [0.25, 0.3) is 0 Å². The highest BCUT2D eigenvalue weighted by molar-refractivity contribution is 5.71. The van der Waals surface area contributed by atoms with Crippen molar-refractivity contribution < 1.29 is 28.6 Å². The van der Waals surface area contributed by atoms with Gasteiger partial charge in [-0.15, -0.1) is 0 Å². The van der Waals surface area contributed by atoms with Crippen LogP contribution in [-0.4, -0.2) is 37.2 Å². The molecule has 0 bridgehead atoms. The van der Waals surface area contributed by atoms with Crippen LogP contribution in [0.5, 0.6) is 0 Å². The van der Waals surface area contributed by atoms with Crippen LogP contribution in [0.2, 0.25) is 0 Å². The number of ether oxygens (including phenoxy) is 3. The van der Waals surface area contributed by atoms with Gasteiger partial charge in [0.2, 0.25) is 0 Å². The van der Waals surface area contributed by atoms with Gasteiger partial charge >= 0.3 is 17.9 Å². The Balaban J connectivity index is 4.15. The van der Waals surface area contributed by atoms with E-state index >= 15 is 0 Å². The van der Waals surface area contributed by atoms with Crippen LogP contribution in [0.4, 0.5) is 0 Å². The van der Waals surface area contributed by atoms with Gasteiger partial charge in [0.05, 0.1) is 0 Å². The van der Waals surface area contributed by atoms with Gasteiger partial charge in [-0.25, -0.2) is 0 Å². The maximum atomic E-state index is 12.7. The average Bonchev–Trinajstić information content (AvgIpc) is 3.15. The molecule has 314 valence electrons. The Morgan fingerprint density at radius 2 is 0.509 bits per heavy atom. The minimum atomic E-state index is -0.757. The SMILES string of the molecule is CCCCCCCCCCCCCCCCCC(=O)OC[C@H](COC(=O)CCCCCCC)OC(=O)CCCCCCCCCCCCCCCCC. The van der Waals surface area contributed by atoms with Crippen molar-refractivity contribution in [2.75, 3.05) is 13.2 Å². The van der Waals surface area contributed by atoms with Crippen LogP contribution in [0.3, 0.4) is 0 Å². The molecule has 0 aliphatic rings. The lowest BCUT2D eigenvalue weighted by molar-refractivity contribution is -0.167. The maximum Gasteiger partial charge on any atom is 0.306 e. The lowest BCUT2D eigenvalue weighted by atomic mass is 10.0. The summed E-state index contributed by atoms with van der Waals surface area (Å²) in [5, 5.41) is 0. The van der Waals surface area contributed by atoms with E-state index in [1.807, 2.05) is 0 Å². The van der Waals surface area contributed by atoms with Gasteiger partial charge in [-0.2, -0.15) is 0 Å². The minimum absolute atomic E-state index is 0.0635. The molecule has 0 fully saturated rings. The third-order valence-electron chi connectivity index (χ3n) is 10.6. The van der Waals surface area contributed by atoms with E-state index in [1.54, 1.807) is 0 Å². The first-order valence-electron chi connectivity index (χ1n) is 23.5. The number of hydrogen-bond donors (Lipinski definition) is 0. The number of esters is 3. The summed E-state index contributed by atoms with van der Waals surface area (Å²) >= 11 is 0. The molecule has 0 radical (unpaired) electrons. The van der Waals surface area contributed by atoms with Crippen molar-refractivity contribution >= 4 is 17.9 Å². The summed E-state index contributed by atoms with van der Waals surface area (Å²) < 4.78 is 16.6. The predicted octanol–water partition coefficient (Wildman–Crippen LogP) is 14.9. The molecule has 0 unspecified atom stereocenters. The third kappa shape index (κ3) is 41.4. The number of hydrogen-bond acceptors (Lipinski definition) is 6. The molecule has 0 amide bonds. The van der Waals surface area contributed by atoms with Crippen molar-refractivity contribution in [1.29, 1.82) is 0 Å². The van der Waals surface area contributed by atoms with Crippen molar-refractivity contribution in [1.82, 2.24) is 0 Å². The molecule has 0 spiro atoms. The van der Waals surface area contributed by atoms with Gasteiger partial charge in [0.1, 0.15) is 13.2 Å². The number of unbranched alkanes of at least 4 members (excludes halogenated alkanes) is 32. The second-order valence-electron chi connectivity index (χ2n) is 16.0. The van der Waals surface area contributed by atoms with Crippen LogP contribution in [-0.2, 0) is 28.6 Å². The lowest BCUT2D eigenvalue weighted by Gasteiger charge is -2.18. The molecular formula is C47H90O6. The number of carbonyl (C=O) groups excluding carboxylic acids is 3. The Labute approximate surface area is 329 Å². The molecule has 0 saturated carbocycles. The van der Waals surface area contributed by atoms with E-state index in [0.717, 1.165) is 64.2 Å². The van der Waals surface area contributed by atoms with Crippen molar-refractivity contribution in [2.45, 2.75) is 271 Å². The second kappa shape index (κ2) is 43.1. The standard InChI is InChI=1S/C47H90O6/c1-4-7-10-13-15-17-19-21-23-25-27-29-31-34-37-40-46(49)52-43-44(42-51-45(48)39-36-33-12-9-6-3)53-47(50)41-38-35-32-30-28-26-24-22-20-18-16-14-11-8-5-2/h44H,4-43H2,1-3H3/t44-/m0/s1. The number of rotatable bonds is 43. The Kier molecular flexibility index (Phi) is 41.8. The molecular weight excluding hydrogens is 661 g/mol. The van der Waals surface area contributed by atoms with Crippen LogP contribution < -0.4 is 0 Å². The average molecular weight is 751 g/mol. The zero-order valence-electron chi connectivity index (χ0n) is 35.8. The van der Waals surface area contributed by atoms with Crippen molar-refractivity contribution in [3.8, 4) is 0 Å². The fraction of sp³-hybridized carbons (Fsp3) is 0.936. The number of carbonyl (C=O) groups is 3. The summed E-state index contributed by atoms with van der Waals surface area (Å²) in [6.07, 6.45) is 44.0. The van der Waals surface area contributed by atoms with E-state index in [2.05, 4.69) is 20.8 Å². The summed E-state index contributed by atoms with van der Waals surface area (Å²) in [5.41, 5.74) is 0. The van der Waals surface area contributed by atoms with Gasteiger partial charge in [-0.05, 0) is 19.3 Å². The minimum Gasteiger partial charge on any atom is -0.462 e. The molecule has 53 heavy (non-hydrogen) atoms. The molecule has 0 saturated heterocycles. The first-order valence-corrected chi connectivity index (χ1v) is 23.5. The molecule has 0 aliphatic heterocycles. The smallest absolute Gasteiger partial charge is 0.306 e. The fourth-order valence-corrected chi connectivity index (χ4v) is 7.03. The van der Waals surface area contributed by atoms with Crippen molar-refractivity contribution in [3.05, 3.63) is 0 Å². The van der Waals surface area contributed by atoms with E-state index in [1.165, 1.54) is 161 Å². The van der Waals surface area contributed by atoms with Crippen molar-refractivity contribution in [3.63, 3.8) is 0 Å². The van der Waals surface area contributed by atoms with Crippen molar-refractivity contribution in [2.24, 2.45) is 0 Å². The van der Waals surface area contributed by atoms with Gasteiger partial charge in [0.15, 0.2) is 6.10 Å². The van der Waals surface area contributed by atoms with Crippen LogP contribution in [0.15, 0.2) is 0 Å². The zero-order valence-corrected chi connectivity index (χ0v) is 35.8. The monoisotopic (exact) mass is 751 g/mol. The second-order valence-corrected chi connectivity index (χ2v) is 16.0. The zero-order chi connectivity index (χ0) is 38.7. The van der Waals surface area contributed by atoms with E-state index in [0.29, 0.717) is 19.3 Å². The summed E-state index contributed by atoms with van der Waals surface area (Å²) in [6, 6.07) is 0. The van der Waals surface area contributed by atoms with E-state index in [4.69, 9.17) is 14.2 Å². The molecule has 6 heteroatoms. The van der Waals surface area contributed by atoms with Crippen LogP contribution >= 0.6 is 0 Å². The van der Waals surface area contributed by atoms with Crippen LogP contribution in [0, 0.1) is 0 Å². The topological polar surface area (TPSA) is 78.9 Å². The molecule has 0 aliphatic carbocycles. The Morgan fingerprint density at radius 3 is 0.755 bits per heavy atom. The van der Waals surface area contributed by atoms with Gasteiger partial charge < -0.3 is 14.2 Å². The largest absolute Gasteiger partial charge is 0.462 e. The first kappa shape index (κ1) is 51.4. The highest BCUT2D eigenvalue weighted by atomic mass is 16.6. The van der Waals surface area contributed by atoms with E-state index in [9.17, 15) is 14.4 Å². The maximum absolute atomic E-state index is 12.7. The Bertz CT molecular complexity index is 783. The normalized spacial score (nSPS) is 11.8. The lowest BCUT2D eigenvalue weighted by Crippen LogP contribution is -2.30. The summed E-state index contributed by atoms with van der Waals surface area (Å²) in [5.74, 6) is -0.863. The fourth-order valence-electron chi connectivity index (χ4n) is 7.03. The molecule has 0 aromatic heterocycles. The van der Waals surface area contributed by atoms with Crippen LogP contribution in [0.1, 0.15) is 265 Å². The Morgan fingerprint density at radius 1 is 0.302 bits per heavy atom. The van der Waals surface area contributed by atoms with Gasteiger partial charge in [0.25, 0.3) is 0 Å². The van der Waals surface area contributed by atoms with Gasteiger partial charge in [0, 0.05) is 19.3 Å². The third-order valence-corrected chi connectivity index (χ3v) is 10.6.